The first-order valence-corrected chi connectivity index (χ1v) is 9.36. The van der Waals surface area contributed by atoms with Gasteiger partial charge >= 0.3 is 0 Å². The minimum Gasteiger partial charge on any atom is -0.325 e. The highest BCUT2D eigenvalue weighted by Crippen LogP contribution is 2.50. The summed E-state index contributed by atoms with van der Waals surface area (Å²) in [5.74, 6) is -0.398. The maximum atomic E-state index is 13.3. The van der Waals surface area contributed by atoms with Crippen LogP contribution in [0.15, 0.2) is 42.5 Å². The second-order valence-corrected chi connectivity index (χ2v) is 7.84. The highest BCUT2D eigenvalue weighted by molar-refractivity contribution is 6.42. The summed E-state index contributed by atoms with van der Waals surface area (Å²) in [4.78, 5) is 27.9. The van der Waals surface area contributed by atoms with Crippen molar-refractivity contribution in [3.8, 4) is 0 Å². The molecule has 0 radical (unpaired) electrons. The number of anilines is 2. The third-order valence-electron chi connectivity index (χ3n) is 5.20. The van der Waals surface area contributed by atoms with Gasteiger partial charge in [0, 0.05) is 17.4 Å². The number of fused-ring (bicyclic) bond motifs is 1. The molecule has 0 aromatic heterocycles. The van der Waals surface area contributed by atoms with Gasteiger partial charge in [-0.1, -0.05) is 41.4 Å². The molecule has 2 aromatic carbocycles. The van der Waals surface area contributed by atoms with E-state index in [1.165, 1.54) is 0 Å². The van der Waals surface area contributed by atoms with E-state index in [0.29, 0.717) is 28.6 Å². The first kappa shape index (κ1) is 17.4. The number of benzene rings is 2. The quantitative estimate of drug-likeness (QED) is 0.775. The van der Waals surface area contributed by atoms with Crippen molar-refractivity contribution in [1.82, 2.24) is 0 Å². The zero-order valence-electron chi connectivity index (χ0n) is 14.3. The Morgan fingerprint density at radius 2 is 1.85 bits per heavy atom. The van der Waals surface area contributed by atoms with Gasteiger partial charge in [-0.25, -0.2) is 0 Å². The average Bonchev–Trinajstić information content (AvgIpc) is 3.35. The molecule has 4 rings (SSSR count). The molecule has 2 amide bonds. The van der Waals surface area contributed by atoms with Crippen LogP contribution in [-0.4, -0.2) is 17.9 Å². The van der Waals surface area contributed by atoms with Crippen LogP contribution in [0.1, 0.15) is 25.3 Å². The van der Waals surface area contributed by atoms with Crippen molar-refractivity contribution >= 4 is 46.4 Å². The topological polar surface area (TPSA) is 49.4 Å². The molecule has 1 fully saturated rings. The van der Waals surface area contributed by atoms with Crippen molar-refractivity contribution in [3.05, 3.63) is 58.1 Å². The van der Waals surface area contributed by atoms with Crippen LogP contribution in [0.2, 0.25) is 10.0 Å². The van der Waals surface area contributed by atoms with Crippen LogP contribution in [0.3, 0.4) is 0 Å². The van der Waals surface area contributed by atoms with Crippen LogP contribution in [0, 0.1) is 5.41 Å². The number of para-hydroxylation sites is 1. The van der Waals surface area contributed by atoms with E-state index in [1.54, 1.807) is 23.1 Å². The molecule has 26 heavy (non-hydrogen) atoms. The summed E-state index contributed by atoms with van der Waals surface area (Å²) in [6, 6.07) is 12.8. The Hall–Kier alpha value is -2.04. The third-order valence-corrected chi connectivity index (χ3v) is 5.94. The third kappa shape index (κ3) is 2.78. The molecule has 1 aliphatic carbocycles. The molecule has 1 unspecified atom stereocenters. The van der Waals surface area contributed by atoms with Gasteiger partial charge in [0.05, 0.1) is 10.0 Å². The average molecular weight is 389 g/mol. The monoisotopic (exact) mass is 388 g/mol. The van der Waals surface area contributed by atoms with E-state index in [9.17, 15) is 9.59 Å². The Kier molecular flexibility index (Phi) is 4.20. The van der Waals surface area contributed by atoms with Crippen molar-refractivity contribution in [2.75, 3.05) is 10.2 Å². The molecule has 1 atom stereocenters. The highest BCUT2D eigenvalue weighted by atomic mass is 35.5. The summed E-state index contributed by atoms with van der Waals surface area (Å²) in [6.45, 7) is 2.02. The normalized spacial score (nSPS) is 19.8. The molecule has 1 heterocycles. The summed E-state index contributed by atoms with van der Waals surface area (Å²) in [5, 5.41) is 3.61. The lowest BCUT2D eigenvalue weighted by Crippen LogP contribution is -2.45. The van der Waals surface area contributed by atoms with E-state index < -0.39 is 5.41 Å². The van der Waals surface area contributed by atoms with Crippen LogP contribution in [0.5, 0.6) is 0 Å². The largest absolute Gasteiger partial charge is 0.325 e. The van der Waals surface area contributed by atoms with Gasteiger partial charge in [0.15, 0.2) is 0 Å². The second kappa shape index (κ2) is 6.29. The zero-order chi connectivity index (χ0) is 18.5. The zero-order valence-corrected chi connectivity index (χ0v) is 15.8. The number of rotatable bonds is 3. The van der Waals surface area contributed by atoms with Gasteiger partial charge in [-0.3, -0.25) is 9.59 Å². The first-order valence-electron chi connectivity index (χ1n) is 8.60. The Morgan fingerprint density at radius 1 is 1.12 bits per heavy atom. The summed E-state index contributed by atoms with van der Waals surface area (Å²) in [6.07, 6.45) is 1.93. The predicted molar refractivity (Wildman–Crippen MR) is 104 cm³/mol. The molecule has 0 saturated heterocycles. The molecule has 2 aromatic rings. The Balaban J connectivity index is 1.58. The fraction of sp³-hybridized carbons (Fsp3) is 0.300. The number of nitrogens with zero attached hydrogens (tertiary/aromatic N) is 1. The summed E-state index contributed by atoms with van der Waals surface area (Å²) in [5.41, 5.74) is 1.61. The number of hydrogen-bond donors (Lipinski definition) is 1. The molecule has 4 nitrogen and oxygen atoms in total. The fourth-order valence-electron chi connectivity index (χ4n) is 3.59. The summed E-state index contributed by atoms with van der Waals surface area (Å²) >= 11 is 11.9. The molecule has 1 aliphatic heterocycles. The van der Waals surface area contributed by atoms with E-state index in [-0.39, 0.29) is 17.9 Å². The number of carbonyl (C=O) groups is 2. The molecular weight excluding hydrogens is 371 g/mol. The number of amides is 2. The summed E-state index contributed by atoms with van der Waals surface area (Å²) < 4.78 is 0. The molecular formula is C20H18Cl2N2O2. The van der Waals surface area contributed by atoms with Gasteiger partial charge < -0.3 is 10.2 Å². The Labute approximate surface area is 162 Å². The van der Waals surface area contributed by atoms with Crippen LogP contribution in [0.25, 0.3) is 0 Å². The summed E-state index contributed by atoms with van der Waals surface area (Å²) in [7, 11) is 0. The van der Waals surface area contributed by atoms with Gasteiger partial charge in [-0.15, -0.1) is 0 Å². The Morgan fingerprint density at radius 3 is 2.54 bits per heavy atom. The van der Waals surface area contributed by atoms with Gasteiger partial charge in [0.2, 0.25) is 11.8 Å². The van der Waals surface area contributed by atoms with Gasteiger partial charge in [0.25, 0.3) is 0 Å². The van der Waals surface area contributed by atoms with Gasteiger partial charge in [-0.05, 0) is 56.0 Å². The number of halogens is 2. The molecule has 0 spiro atoms. The lowest BCUT2D eigenvalue weighted by molar-refractivity contribution is -0.132. The van der Waals surface area contributed by atoms with Crippen LogP contribution in [-0.2, 0) is 16.0 Å². The second-order valence-electron chi connectivity index (χ2n) is 7.02. The Bertz CT molecular complexity index is 908. The van der Waals surface area contributed by atoms with Crippen LogP contribution < -0.4 is 10.2 Å². The highest BCUT2D eigenvalue weighted by Gasteiger charge is 2.59. The molecule has 0 bridgehead atoms. The molecule has 6 heteroatoms. The van der Waals surface area contributed by atoms with E-state index >= 15 is 0 Å². The van der Waals surface area contributed by atoms with Crippen molar-refractivity contribution in [2.45, 2.75) is 32.2 Å². The van der Waals surface area contributed by atoms with E-state index in [2.05, 4.69) is 5.32 Å². The van der Waals surface area contributed by atoms with Gasteiger partial charge in [0.1, 0.15) is 5.41 Å². The standard InChI is InChI=1S/C20H18Cl2N2O2/c1-12-10-13-4-2-3-5-17(13)24(12)19(26)20(8-9-20)18(25)23-14-6-7-15(21)16(22)11-14/h2-7,11-12H,8-10H2,1H3,(H,23,25). The van der Waals surface area contributed by atoms with E-state index in [0.717, 1.165) is 17.7 Å². The number of hydrogen-bond acceptors (Lipinski definition) is 2. The molecule has 1 N–H and O–H groups in total. The first-order chi connectivity index (χ1) is 12.4. The van der Waals surface area contributed by atoms with Crippen molar-refractivity contribution < 1.29 is 9.59 Å². The van der Waals surface area contributed by atoms with Gasteiger partial charge in [-0.2, -0.15) is 0 Å². The van der Waals surface area contributed by atoms with Crippen molar-refractivity contribution in [3.63, 3.8) is 0 Å². The lowest BCUT2D eigenvalue weighted by atomic mass is 10.0. The fourth-order valence-corrected chi connectivity index (χ4v) is 3.89. The van der Waals surface area contributed by atoms with Crippen LogP contribution >= 0.6 is 23.2 Å². The SMILES string of the molecule is CC1Cc2ccccc2N1C(=O)C1(C(=O)Nc2ccc(Cl)c(Cl)c2)CC1. The smallest absolute Gasteiger partial charge is 0.242 e. The van der Waals surface area contributed by atoms with Crippen LogP contribution in [0.4, 0.5) is 11.4 Å². The van der Waals surface area contributed by atoms with Crippen molar-refractivity contribution in [1.29, 1.82) is 0 Å². The lowest BCUT2D eigenvalue weighted by Gasteiger charge is -2.27. The van der Waals surface area contributed by atoms with E-state index in [1.807, 2.05) is 31.2 Å². The molecule has 134 valence electrons. The predicted octanol–water partition coefficient (Wildman–Crippen LogP) is 4.69. The van der Waals surface area contributed by atoms with Crippen molar-refractivity contribution in [2.24, 2.45) is 5.41 Å². The molecule has 2 aliphatic rings. The number of nitrogens with one attached hydrogen (secondary N) is 1. The maximum Gasteiger partial charge on any atom is 0.242 e. The number of carbonyl (C=O) groups excluding carboxylic acids is 2. The minimum absolute atomic E-state index is 0.0511. The van der Waals surface area contributed by atoms with E-state index in [4.69, 9.17) is 23.2 Å². The maximum absolute atomic E-state index is 13.3. The molecule has 1 saturated carbocycles. The minimum atomic E-state index is -0.988.